The predicted octanol–water partition coefficient (Wildman–Crippen LogP) is 5.68. The largest absolute Gasteiger partial charge is 0.324 e. The maximum atomic E-state index is 12.1. The van der Waals surface area contributed by atoms with E-state index in [0.717, 1.165) is 0 Å². The normalized spacial score (nSPS) is 10.1. The second-order valence-electron chi connectivity index (χ2n) is 5.59. The van der Waals surface area contributed by atoms with Crippen molar-refractivity contribution in [2.45, 2.75) is 0 Å². The van der Waals surface area contributed by atoms with E-state index in [0.29, 0.717) is 21.4 Å². The fourth-order valence-electron chi connectivity index (χ4n) is 2.26. The van der Waals surface area contributed by atoms with E-state index < -0.39 is 12.1 Å². The van der Waals surface area contributed by atoms with Crippen molar-refractivity contribution in [2.75, 3.05) is 21.3 Å². The summed E-state index contributed by atoms with van der Waals surface area (Å²) in [4.78, 5) is 28.3. The van der Waals surface area contributed by atoms with Gasteiger partial charge in [0.1, 0.15) is 11.6 Å². The molecule has 4 N–H and O–H groups in total. The Morgan fingerprint density at radius 1 is 0.643 bits per heavy atom. The number of nitrogens with zero attached hydrogens (tertiary/aromatic N) is 1. The molecule has 4 amide bonds. The molecule has 3 rings (SSSR count). The smallest absolute Gasteiger partial charge is 0.308 e. The molecule has 28 heavy (non-hydrogen) atoms. The van der Waals surface area contributed by atoms with Gasteiger partial charge in [-0.05, 0) is 48.5 Å². The van der Waals surface area contributed by atoms with Crippen LogP contribution in [-0.4, -0.2) is 17.0 Å². The maximum absolute atomic E-state index is 12.1. The van der Waals surface area contributed by atoms with Gasteiger partial charge >= 0.3 is 12.1 Å². The van der Waals surface area contributed by atoms with Crippen LogP contribution in [-0.2, 0) is 0 Å². The number of halogens is 2. The van der Waals surface area contributed by atoms with Crippen LogP contribution in [0.15, 0.2) is 66.7 Å². The Labute approximate surface area is 171 Å². The van der Waals surface area contributed by atoms with Gasteiger partial charge in [-0.3, -0.25) is 10.6 Å². The molecule has 2 aromatic carbocycles. The molecule has 0 radical (unpaired) electrons. The number of nitrogens with one attached hydrogen (secondary N) is 4. The van der Waals surface area contributed by atoms with Crippen molar-refractivity contribution in [1.82, 2.24) is 4.98 Å². The van der Waals surface area contributed by atoms with Gasteiger partial charge in [0.05, 0.1) is 0 Å². The molecule has 1 aromatic heterocycles. The number of hydrogen-bond donors (Lipinski definition) is 4. The highest BCUT2D eigenvalue weighted by Gasteiger charge is 2.07. The van der Waals surface area contributed by atoms with Gasteiger partial charge in [-0.15, -0.1) is 0 Å². The summed E-state index contributed by atoms with van der Waals surface area (Å²) in [6.07, 6.45) is 0. The number of carbonyl (C=O) groups is 2. The first-order valence-electron chi connectivity index (χ1n) is 8.12. The number of hydrogen-bond acceptors (Lipinski definition) is 3. The number of amides is 4. The monoisotopic (exact) mass is 415 g/mol. The van der Waals surface area contributed by atoms with E-state index in [1.165, 1.54) is 0 Å². The molecule has 0 aliphatic carbocycles. The van der Waals surface area contributed by atoms with Gasteiger partial charge in [0.25, 0.3) is 0 Å². The molecule has 0 spiro atoms. The third-order valence-electron chi connectivity index (χ3n) is 3.40. The highest BCUT2D eigenvalue weighted by atomic mass is 35.5. The van der Waals surface area contributed by atoms with Crippen molar-refractivity contribution in [1.29, 1.82) is 0 Å². The molecule has 0 fully saturated rings. The molecule has 9 heteroatoms. The number of rotatable bonds is 4. The number of carbonyl (C=O) groups excluding carboxylic acids is 2. The molecule has 0 saturated heterocycles. The number of urea groups is 2. The van der Waals surface area contributed by atoms with E-state index in [2.05, 4.69) is 26.3 Å². The molecule has 1 heterocycles. The van der Waals surface area contributed by atoms with Crippen molar-refractivity contribution < 1.29 is 9.59 Å². The van der Waals surface area contributed by atoms with E-state index in [9.17, 15) is 9.59 Å². The van der Waals surface area contributed by atoms with Crippen LogP contribution in [0.25, 0.3) is 0 Å². The van der Waals surface area contributed by atoms with Crippen LogP contribution in [0.2, 0.25) is 10.0 Å². The van der Waals surface area contributed by atoms with Gasteiger partial charge in [-0.25, -0.2) is 14.6 Å². The third kappa shape index (κ3) is 5.87. The zero-order valence-electron chi connectivity index (χ0n) is 14.4. The first-order chi connectivity index (χ1) is 13.5. The lowest BCUT2D eigenvalue weighted by Gasteiger charge is -2.10. The fourth-order valence-corrected chi connectivity index (χ4v) is 2.64. The Kier molecular flexibility index (Phi) is 6.31. The molecule has 0 aliphatic heterocycles. The van der Waals surface area contributed by atoms with Crippen molar-refractivity contribution in [3.8, 4) is 0 Å². The summed E-state index contributed by atoms with van der Waals surface area (Å²) in [6.45, 7) is 0. The van der Waals surface area contributed by atoms with Crippen molar-refractivity contribution >= 4 is 58.3 Å². The molecule has 142 valence electrons. The lowest BCUT2D eigenvalue weighted by Crippen LogP contribution is -2.22. The Hall–Kier alpha value is -3.29. The first-order valence-corrected chi connectivity index (χ1v) is 8.88. The molecule has 0 bridgehead atoms. The van der Waals surface area contributed by atoms with Crippen molar-refractivity contribution in [2.24, 2.45) is 0 Å². The van der Waals surface area contributed by atoms with Crippen molar-refractivity contribution in [3.63, 3.8) is 0 Å². The average Bonchev–Trinajstić information content (AvgIpc) is 2.61. The molecule has 0 atom stereocenters. The molecule has 0 saturated carbocycles. The predicted molar refractivity (Wildman–Crippen MR) is 112 cm³/mol. The number of pyridine rings is 1. The number of aromatic nitrogens is 1. The Morgan fingerprint density at radius 3 is 1.50 bits per heavy atom. The lowest BCUT2D eigenvalue weighted by atomic mass is 10.3. The molecule has 7 nitrogen and oxygen atoms in total. The molecule has 0 unspecified atom stereocenters. The minimum atomic E-state index is -0.490. The van der Waals surface area contributed by atoms with Gasteiger partial charge < -0.3 is 10.6 Å². The van der Waals surface area contributed by atoms with Crippen LogP contribution in [0, 0.1) is 0 Å². The molecule has 3 aromatic rings. The zero-order valence-corrected chi connectivity index (χ0v) is 15.9. The first kappa shape index (κ1) is 19.5. The minimum absolute atomic E-state index is 0.264. The summed E-state index contributed by atoms with van der Waals surface area (Å²) in [7, 11) is 0. The summed E-state index contributed by atoms with van der Waals surface area (Å²) in [5, 5.41) is 11.5. The van der Waals surface area contributed by atoms with Crippen LogP contribution < -0.4 is 21.3 Å². The molecule has 0 aliphatic rings. The maximum Gasteiger partial charge on any atom is 0.324 e. The van der Waals surface area contributed by atoms with E-state index >= 15 is 0 Å². The van der Waals surface area contributed by atoms with Crippen LogP contribution in [0.5, 0.6) is 0 Å². The van der Waals surface area contributed by atoms with Crippen molar-refractivity contribution in [3.05, 3.63) is 76.8 Å². The van der Waals surface area contributed by atoms with Gasteiger partial charge in [0, 0.05) is 21.4 Å². The van der Waals surface area contributed by atoms with Gasteiger partial charge in [0.2, 0.25) is 0 Å². The summed E-state index contributed by atoms with van der Waals surface area (Å²) < 4.78 is 0. The lowest BCUT2D eigenvalue weighted by molar-refractivity contribution is 0.261. The standard InChI is InChI=1S/C19H15Cl2N5O2/c20-12-4-1-6-14(10-12)22-18(27)25-16-8-3-9-17(24-16)26-19(28)23-15-7-2-5-13(21)11-15/h1-11H,(H4,22,23,24,25,26,27,28). The third-order valence-corrected chi connectivity index (χ3v) is 3.87. The van der Waals surface area contributed by atoms with Crippen LogP contribution >= 0.6 is 23.2 Å². The second kappa shape index (κ2) is 9.07. The van der Waals surface area contributed by atoms with Gasteiger partial charge in [-0.2, -0.15) is 0 Å². The van der Waals surface area contributed by atoms with Gasteiger partial charge in [-0.1, -0.05) is 41.4 Å². The van der Waals surface area contributed by atoms with Crippen LogP contribution in [0.3, 0.4) is 0 Å². The minimum Gasteiger partial charge on any atom is -0.308 e. The highest BCUT2D eigenvalue weighted by molar-refractivity contribution is 6.31. The summed E-state index contributed by atoms with van der Waals surface area (Å²) >= 11 is 11.8. The zero-order chi connectivity index (χ0) is 19.9. The Bertz CT molecular complexity index is 936. The Morgan fingerprint density at radius 2 is 1.07 bits per heavy atom. The van der Waals surface area contributed by atoms with E-state index in [4.69, 9.17) is 23.2 Å². The van der Waals surface area contributed by atoms with E-state index in [1.807, 2.05) is 0 Å². The van der Waals surface area contributed by atoms with Crippen LogP contribution in [0.4, 0.5) is 32.6 Å². The van der Waals surface area contributed by atoms with Gasteiger partial charge in [0.15, 0.2) is 0 Å². The van der Waals surface area contributed by atoms with E-state index in [1.54, 1.807) is 66.7 Å². The SMILES string of the molecule is O=C(Nc1cccc(Cl)c1)Nc1cccc(NC(=O)Nc2cccc(Cl)c2)n1. The highest BCUT2D eigenvalue weighted by Crippen LogP contribution is 2.17. The number of benzene rings is 2. The molecular weight excluding hydrogens is 401 g/mol. The van der Waals surface area contributed by atoms with Crippen LogP contribution in [0.1, 0.15) is 0 Å². The second-order valence-corrected chi connectivity index (χ2v) is 6.46. The Balaban J connectivity index is 1.58. The quantitative estimate of drug-likeness (QED) is 0.441. The fraction of sp³-hybridized carbons (Fsp3) is 0. The average molecular weight is 416 g/mol. The molecular formula is C19H15Cl2N5O2. The summed E-state index contributed by atoms with van der Waals surface area (Å²) in [6, 6.07) is 17.4. The summed E-state index contributed by atoms with van der Waals surface area (Å²) in [5.74, 6) is 0.528. The summed E-state index contributed by atoms with van der Waals surface area (Å²) in [5.41, 5.74) is 1.08. The van der Waals surface area contributed by atoms with E-state index in [-0.39, 0.29) is 11.6 Å². The number of anilines is 4. The topological polar surface area (TPSA) is 95.2 Å².